The van der Waals surface area contributed by atoms with E-state index in [1.807, 2.05) is 0 Å². The minimum atomic E-state index is -4.63. The molecule has 0 aromatic heterocycles. The fourth-order valence-corrected chi connectivity index (χ4v) is 5.79. The molecule has 3 atom stereocenters. The maximum Gasteiger partial charge on any atom is 0.418 e. The number of alkyl halides is 3. The standard InChI is InChI=1S/C30H29F3N6O3/c1-38(26(40)19(14-34)16-36-23-8-4-3-7-22(23)30(31,32)33)25(12-18-10-11-18)27(41)39-17-29(13-20(39)15-35)21-6-2-5-9-24(21)37-28(29)42/h2-9,14,16,18,20,25,34,36H,10-13,17H2,1H3,(H,37,42)/b19-16+,34-14?/t20-,25-,29-/m0/s1. The first-order valence-corrected chi connectivity index (χ1v) is 13.5. The number of hydrogen-bond acceptors (Lipinski definition) is 6. The zero-order valence-corrected chi connectivity index (χ0v) is 22.7. The maximum absolute atomic E-state index is 14.1. The van der Waals surface area contributed by atoms with Gasteiger partial charge in [0.15, 0.2) is 0 Å². The minimum absolute atomic E-state index is 0.0286. The Morgan fingerprint density at radius 1 is 1.24 bits per heavy atom. The Balaban J connectivity index is 1.40. The summed E-state index contributed by atoms with van der Waals surface area (Å²) in [4.78, 5) is 43.3. The summed E-state index contributed by atoms with van der Waals surface area (Å²) in [6, 6.07) is 12.2. The lowest BCUT2D eigenvalue weighted by molar-refractivity contribution is -0.143. The number of hydrogen-bond donors (Lipinski definition) is 3. The molecule has 2 heterocycles. The number of nitrogens with zero attached hydrogens (tertiary/aromatic N) is 3. The van der Waals surface area contributed by atoms with Crippen LogP contribution >= 0.6 is 0 Å². The van der Waals surface area contributed by atoms with Crippen molar-refractivity contribution in [2.24, 2.45) is 5.92 Å². The molecule has 3 aliphatic rings. The highest BCUT2D eigenvalue weighted by Crippen LogP contribution is 2.47. The lowest BCUT2D eigenvalue weighted by atomic mass is 9.80. The van der Waals surface area contributed by atoms with Crippen LogP contribution < -0.4 is 10.6 Å². The number of fused-ring (bicyclic) bond motifs is 2. The summed E-state index contributed by atoms with van der Waals surface area (Å²) in [5, 5.41) is 23.1. The fraction of sp³-hybridized carbons (Fsp3) is 0.367. The van der Waals surface area contributed by atoms with Crippen molar-refractivity contribution in [2.75, 3.05) is 24.2 Å². The monoisotopic (exact) mass is 578 g/mol. The van der Waals surface area contributed by atoms with Crippen LogP contribution in [0, 0.1) is 22.7 Å². The van der Waals surface area contributed by atoms with Crippen LogP contribution in [-0.2, 0) is 26.0 Å². The second kappa shape index (κ2) is 11.0. The Bertz CT molecular complexity index is 1510. The van der Waals surface area contributed by atoms with Crippen LogP contribution in [0.4, 0.5) is 24.5 Å². The smallest absolute Gasteiger partial charge is 0.360 e. The molecular formula is C30H29F3N6O3. The third-order valence-corrected chi connectivity index (χ3v) is 8.26. The van der Waals surface area contributed by atoms with E-state index in [9.17, 15) is 32.8 Å². The Labute approximate surface area is 240 Å². The van der Waals surface area contributed by atoms with Gasteiger partial charge in [-0.25, -0.2) is 0 Å². The number of nitrogens with one attached hydrogen (secondary N) is 3. The van der Waals surface area contributed by atoms with E-state index in [4.69, 9.17) is 5.41 Å². The van der Waals surface area contributed by atoms with E-state index in [0.29, 0.717) is 23.9 Å². The molecule has 0 bridgehead atoms. The molecule has 3 amide bonds. The Morgan fingerprint density at radius 3 is 2.60 bits per heavy atom. The van der Waals surface area contributed by atoms with Crippen molar-refractivity contribution in [3.05, 3.63) is 71.4 Å². The van der Waals surface area contributed by atoms with Gasteiger partial charge in [-0.1, -0.05) is 43.2 Å². The number of anilines is 2. The van der Waals surface area contributed by atoms with Gasteiger partial charge in [0.2, 0.25) is 11.8 Å². The largest absolute Gasteiger partial charge is 0.418 e. The molecule has 2 aromatic rings. The molecule has 0 radical (unpaired) electrons. The fourth-order valence-electron chi connectivity index (χ4n) is 5.79. The van der Waals surface area contributed by atoms with E-state index in [0.717, 1.165) is 25.1 Å². The van der Waals surface area contributed by atoms with Crippen LogP contribution in [-0.4, -0.2) is 59.4 Å². The van der Waals surface area contributed by atoms with E-state index in [-0.39, 0.29) is 36.1 Å². The molecule has 2 aliphatic heterocycles. The zero-order valence-electron chi connectivity index (χ0n) is 22.7. The molecule has 2 aromatic carbocycles. The van der Waals surface area contributed by atoms with Crippen LogP contribution in [0.15, 0.2) is 60.3 Å². The molecule has 2 fully saturated rings. The molecule has 42 heavy (non-hydrogen) atoms. The van der Waals surface area contributed by atoms with Gasteiger partial charge >= 0.3 is 6.18 Å². The number of likely N-dealkylation sites (N-methyl/N-ethyl adjacent to an activating group) is 1. The molecule has 3 N–H and O–H groups in total. The number of carbonyl (C=O) groups is 3. The van der Waals surface area contributed by atoms with E-state index < -0.39 is 41.1 Å². The van der Waals surface area contributed by atoms with Gasteiger partial charge in [0.25, 0.3) is 5.91 Å². The summed E-state index contributed by atoms with van der Waals surface area (Å²) < 4.78 is 40.3. The molecule has 12 heteroatoms. The number of benzene rings is 2. The third-order valence-electron chi connectivity index (χ3n) is 8.26. The SMILES string of the molecule is CN(C(=O)/C(C=N)=C/Nc1ccccc1C(F)(F)F)[C@@H](CC1CC1)C(=O)N1C[C@]2(C[C@H]1C#N)C(=O)Nc1ccccc12. The summed E-state index contributed by atoms with van der Waals surface area (Å²) in [6.07, 6.45) is -0.735. The predicted octanol–water partition coefficient (Wildman–Crippen LogP) is 4.29. The topological polar surface area (TPSA) is 129 Å². The number of carbonyl (C=O) groups excluding carboxylic acids is 3. The van der Waals surface area contributed by atoms with Crippen LogP contribution in [0.1, 0.15) is 36.8 Å². The molecule has 218 valence electrons. The molecule has 1 saturated carbocycles. The number of para-hydroxylation sites is 2. The molecular weight excluding hydrogens is 549 g/mol. The van der Waals surface area contributed by atoms with E-state index in [2.05, 4.69) is 16.7 Å². The summed E-state index contributed by atoms with van der Waals surface area (Å²) in [5.74, 6) is -1.34. The van der Waals surface area contributed by atoms with Gasteiger partial charge in [0.05, 0.1) is 28.3 Å². The summed E-state index contributed by atoms with van der Waals surface area (Å²) in [5.41, 5.74) is -1.23. The van der Waals surface area contributed by atoms with Crippen LogP contribution in [0.5, 0.6) is 0 Å². The normalized spacial score (nSPS) is 22.3. The van der Waals surface area contributed by atoms with Gasteiger partial charge < -0.3 is 25.8 Å². The summed E-state index contributed by atoms with van der Waals surface area (Å²) in [6.45, 7) is -0.0286. The first-order valence-electron chi connectivity index (χ1n) is 13.5. The van der Waals surface area contributed by atoms with Crippen molar-refractivity contribution < 1.29 is 27.6 Å². The highest BCUT2D eigenvalue weighted by molar-refractivity contribution is 6.12. The molecule has 1 aliphatic carbocycles. The highest BCUT2D eigenvalue weighted by Gasteiger charge is 2.57. The van der Waals surface area contributed by atoms with Crippen molar-refractivity contribution in [1.82, 2.24) is 9.80 Å². The predicted molar refractivity (Wildman–Crippen MR) is 148 cm³/mol. The van der Waals surface area contributed by atoms with Gasteiger partial charge in [0.1, 0.15) is 12.1 Å². The van der Waals surface area contributed by atoms with Gasteiger partial charge in [-0.15, -0.1) is 0 Å². The quantitative estimate of drug-likeness (QED) is 0.318. The zero-order chi connectivity index (χ0) is 30.2. The van der Waals surface area contributed by atoms with Gasteiger partial charge in [-0.3, -0.25) is 14.4 Å². The van der Waals surface area contributed by atoms with Gasteiger partial charge in [-0.2, -0.15) is 18.4 Å². The first kappa shape index (κ1) is 28.9. The van der Waals surface area contributed by atoms with Gasteiger partial charge in [0, 0.05) is 38.1 Å². The lowest BCUT2D eigenvalue weighted by Gasteiger charge is -2.32. The number of halogens is 3. The average molecular weight is 579 g/mol. The minimum Gasteiger partial charge on any atom is -0.360 e. The van der Waals surface area contributed by atoms with E-state index >= 15 is 0 Å². The van der Waals surface area contributed by atoms with Crippen LogP contribution in [0.2, 0.25) is 0 Å². The summed E-state index contributed by atoms with van der Waals surface area (Å²) in [7, 11) is 1.40. The second-order valence-electron chi connectivity index (χ2n) is 10.9. The number of amides is 3. The average Bonchev–Trinajstić information content (AvgIpc) is 3.65. The molecule has 9 nitrogen and oxygen atoms in total. The van der Waals surface area contributed by atoms with Crippen molar-refractivity contribution in [3.63, 3.8) is 0 Å². The number of nitriles is 1. The van der Waals surface area contributed by atoms with Crippen molar-refractivity contribution in [3.8, 4) is 6.07 Å². The Kier molecular flexibility index (Phi) is 7.53. The van der Waals surface area contributed by atoms with Crippen LogP contribution in [0.3, 0.4) is 0 Å². The highest BCUT2D eigenvalue weighted by atomic mass is 19.4. The van der Waals surface area contributed by atoms with Crippen LogP contribution in [0.25, 0.3) is 0 Å². The third kappa shape index (κ3) is 5.22. The lowest BCUT2D eigenvalue weighted by Crippen LogP contribution is -2.52. The van der Waals surface area contributed by atoms with Crippen molar-refractivity contribution in [1.29, 1.82) is 10.7 Å². The second-order valence-corrected chi connectivity index (χ2v) is 10.9. The summed E-state index contributed by atoms with van der Waals surface area (Å²) >= 11 is 0. The number of likely N-dealkylation sites (tertiary alicyclic amines) is 1. The first-order chi connectivity index (χ1) is 20.0. The molecule has 5 rings (SSSR count). The van der Waals surface area contributed by atoms with E-state index in [1.165, 1.54) is 35.0 Å². The Morgan fingerprint density at radius 2 is 1.93 bits per heavy atom. The number of rotatable bonds is 8. The van der Waals surface area contributed by atoms with E-state index in [1.54, 1.807) is 24.3 Å². The van der Waals surface area contributed by atoms with Crippen molar-refractivity contribution in [2.45, 2.75) is 49.4 Å². The van der Waals surface area contributed by atoms with Gasteiger partial charge in [-0.05, 0) is 36.1 Å². The molecule has 1 saturated heterocycles. The Hall–Kier alpha value is -4.66. The maximum atomic E-state index is 14.1. The molecule has 0 unspecified atom stereocenters. The molecule has 1 spiro atoms. The van der Waals surface area contributed by atoms with Crippen molar-refractivity contribution >= 4 is 35.3 Å².